The second kappa shape index (κ2) is 3.93. The lowest BCUT2D eigenvalue weighted by Crippen LogP contribution is -2.21. The Morgan fingerprint density at radius 3 is 2.53 bits per heavy atom. The van der Waals surface area contributed by atoms with Gasteiger partial charge in [0.1, 0.15) is 0 Å². The molecule has 0 aliphatic heterocycles. The highest BCUT2D eigenvalue weighted by Crippen LogP contribution is 2.47. The zero-order valence-electron chi connectivity index (χ0n) is 10.5. The SMILES string of the molecule is C=C1CCC[C@H]2/C(=C/[Si](C)(C)C)CC[C@@H]12. The average molecular weight is 220 g/mol. The molecule has 0 heterocycles. The molecule has 0 saturated heterocycles. The maximum Gasteiger partial charge on any atom is 0.0686 e. The van der Waals surface area contributed by atoms with Gasteiger partial charge in [-0.1, -0.05) is 43.1 Å². The quantitative estimate of drug-likeness (QED) is 0.449. The Labute approximate surface area is 95.5 Å². The molecule has 0 nitrogen and oxygen atoms in total. The van der Waals surface area contributed by atoms with E-state index in [0.717, 1.165) is 11.8 Å². The van der Waals surface area contributed by atoms with Gasteiger partial charge in [0.25, 0.3) is 0 Å². The smallest absolute Gasteiger partial charge is 0.0686 e. The average Bonchev–Trinajstić information content (AvgIpc) is 2.48. The highest BCUT2D eigenvalue weighted by molar-refractivity contribution is 6.81. The molecule has 0 aromatic rings. The first kappa shape index (κ1) is 11.2. The number of hydrogen-bond acceptors (Lipinski definition) is 0. The summed E-state index contributed by atoms with van der Waals surface area (Å²) in [4.78, 5) is 0. The largest absolute Gasteiger partial charge is 0.0996 e. The van der Waals surface area contributed by atoms with Crippen LogP contribution in [-0.2, 0) is 0 Å². The molecule has 0 radical (unpaired) electrons. The summed E-state index contributed by atoms with van der Waals surface area (Å²) in [5.41, 5.74) is 6.00. The minimum absolute atomic E-state index is 0.848. The van der Waals surface area contributed by atoms with Crippen molar-refractivity contribution in [2.45, 2.75) is 51.7 Å². The molecule has 1 heteroatoms. The lowest BCUT2D eigenvalue weighted by atomic mass is 9.78. The van der Waals surface area contributed by atoms with E-state index in [-0.39, 0.29) is 0 Å². The predicted molar refractivity (Wildman–Crippen MR) is 70.6 cm³/mol. The summed E-state index contributed by atoms with van der Waals surface area (Å²) in [6.07, 6.45) is 6.85. The summed E-state index contributed by atoms with van der Waals surface area (Å²) in [6, 6.07) is 0. The molecular weight excluding hydrogens is 196 g/mol. The topological polar surface area (TPSA) is 0 Å². The van der Waals surface area contributed by atoms with E-state index in [1.54, 1.807) is 11.1 Å². The van der Waals surface area contributed by atoms with E-state index in [4.69, 9.17) is 0 Å². The zero-order chi connectivity index (χ0) is 11.1. The van der Waals surface area contributed by atoms with E-state index in [1.807, 2.05) is 0 Å². The molecule has 2 rings (SSSR count). The van der Waals surface area contributed by atoms with Crippen LogP contribution in [0.25, 0.3) is 0 Å². The van der Waals surface area contributed by atoms with Crippen molar-refractivity contribution in [3.63, 3.8) is 0 Å². The fraction of sp³-hybridized carbons (Fsp3) is 0.714. The minimum Gasteiger partial charge on any atom is -0.0996 e. The number of fused-ring (bicyclic) bond motifs is 1. The van der Waals surface area contributed by atoms with Crippen molar-refractivity contribution in [1.82, 2.24) is 0 Å². The summed E-state index contributed by atoms with van der Waals surface area (Å²) in [5.74, 6) is 1.74. The Morgan fingerprint density at radius 1 is 1.13 bits per heavy atom. The van der Waals surface area contributed by atoms with Gasteiger partial charge in [0.05, 0.1) is 8.07 Å². The van der Waals surface area contributed by atoms with Crippen LogP contribution in [0.5, 0.6) is 0 Å². The van der Waals surface area contributed by atoms with Crippen LogP contribution in [0.15, 0.2) is 23.4 Å². The summed E-state index contributed by atoms with van der Waals surface area (Å²) < 4.78 is 0. The van der Waals surface area contributed by atoms with Gasteiger partial charge in [0.15, 0.2) is 0 Å². The van der Waals surface area contributed by atoms with Crippen LogP contribution in [-0.4, -0.2) is 8.07 Å². The molecule has 0 N–H and O–H groups in total. The van der Waals surface area contributed by atoms with Crippen LogP contribution in [0, 0.1) is 11.8 Å². The Hall–Kier alpha value is -0.303. The van der Waals surface area contributed by atoms with Crippen molar-refractivity contribution in [1.29, 1.82) is 0 Å². The van der Waals surface area contributed by atoms with Crippen LogP contribution in [0.1, 0.15) is 32.1 Å². The molecular formula is C14H24Si. The van der Waals surface area contributed by atoms with Crippen molar-refractivity contribution in [3.05, 3.63) is 23.4 Å². The molecule has 0 bridgehead atoms. The Bertz CT molecular complexity index is 293. The third-order valence-corrected chi connectivity index (χ3v) is 5.10. The molecule has 0 aromatic heterocycles. The Balaban J connectivity index is 2.18. The second-order valence-electron chi connectivity index (χ2n) is 6.39. The first-order valence-electron chi connectivity index (χ1n) is 6.37. The van der Waals surface area contributed by atoms with Crippen molar-refractivity contribution in [3.8, 4) is 0 Å². The maximum atomic E-state index is 4.27. The molecule has 2 saturated carbocycles. The van der Waals surface area contributed by atoms with E-state index >= 15 is 0 Å². The number of allylic oxidation sites excluding steroid dienone is 2. The predicted octanol–water partition coefficient (Wildman–Crippen LogP) is 4.56. The lowest BCUT2D eigenvalue weighted by molar-refractivity contribution is 0.385. The third-order valence-electron chi connectivity index (χ3n) is 3.86. The van der Waals surface area contributed by atoms with Crippen LogP contribution in [0.2, 0.25) is 19.6 Å². The molecule has 0 amide bonds. The standard InChI is InChI=1S/C14H24Si/c1-11-6-5-7-14-12(8-9-13(11)14)10-15(2,3)4/h10,13-14H,1,5-9H2,2-4H3/b12-10+/t13-,14-/m0/s1. The van der Waals surface area contributed by atoms with Gasteiger partial charge in [0, 0.05) is 0 Å². The third kappa shape index (κ3) is 2.44. The van der Waals surface area contributed by atoms with Gasteiger partial charge in [0.2, 0.25) is 0 Å². The zero-order valence-corrected chi connectivity index (χ0v) is 11.5. The first-order chi connectivity index (χ1) is 6.97. The van der Waals surface area contributed by atoms with Crippen LogP contribution >= 0.6 is 0 Å². The Kier molecular flexibility index (Phi) is 2.93. The van der Waals surface area contributed by atoms with Gasteiger partial charge in [-0.15, -0.1) is 0 Å². The molecule has 0 spiro atoms. The van der Waals surface area contributed by atoms with E-state index in [2.05, 4.69) is 31.9 Å². The summed E-state index contributed by atoms with van der Waals surface area (Å²) in [5, 5.41) is 0. The van der Waals surface area contributed by atoms with E-state index in [9.17, 15) is 0 Å². The molecule has 84 valence electrons. The monoisotopic (exact) mass is 220 g/mol. The van der Waals surface area contributed by atoms with Gasteiger partial charge in [-0.25, -0.2) is 0 Å². The van der Waals surface area contributed by atoms with Crippen molar-refractivity contribution >= 4 is 8.07 Å². The van der Waals surface area contributed by atoms with E-state index in [0.29, 0.717) is 0 Å². The fourth-order valence-corrected chi connectivity index (χ4v) is 4.78. The summed E-state index contributed by atoms with van der Waals surface area (Å²) in [7, 11) is -1.01. The number of rotatable bonds is 1. The van der Waals surface area contributed by atoms with Gasteiger partial charge in [-0.05, 0) is 43.9 Å². The van der Waals surface area contributed by atoms with Gasteiger partial charge in [-0.2, -0.15) is 0 Å². The van der Waals surface area contributed by atoms with Gasteiger partial charge in [-0.3, -0.25) is 0 Å². The summed E-state index contributed by atoms with van der Waals surface area (Å²) >= 11 is 0. The summed E-state index contributed by atoms with van der Waals surface area (Å²) in [6.45, 7) is 11.6. The molecule has 15 heavy (non-hydrogen) atoms. The first-order valence-corrected chi connectivity index (χ1v) is 9.94. The molecule has 2 fully saturated rings. The van der Waals surface area contributed by atoms with Crippen molar-refractivity contribution in [2.24, 2.45) is 11.8 Å². The van der Waals surface area contributed by atoms with E-state index in [1.165, 1.54) is 32.1 Å². The van der Waals surface area contributed by atoms with Gasteiger partial charge >= 0.3 is 0 Å². The molecule has 0 unspecified atom stereocenters. The highest BCUT2D eigenvalue weighted by atomic mass is 28.3. The number of hydrogen-bond donors (Lipinski definition) is 0. The van der Waals surface area contributed by atoms with Crippen molar-refractivity contribution < 1.29 is 0 Å². The molecule has 2 aliphatic rings. The van der Waals surface area contributed by atoms with Crippen LogP contribution in [0.3, 0.4) is 0 Å². The minimum atomic E-state index is -1.01. The van der Waals surface area contributed by atoms with Crippen LogP contribution in [0.4, 0.5) is 0 Å². The van der Waals surface area contributed by atoms with E-state index < -0.39 is 8.07 Å². The second-order valence-corrected chi connectivity index (χ2v) is 11.4. The van der Waals surface area contributed by atoms with Crippen LogP contribution < -0.4 is 0 Å². The van der Waals surface area contributed by atoms with Crippen molar-refractivity contribution in [2.75, 3.05) is 0 Å². The maximum absolute atomic E-state index is 4.27. The molecule has 0 aromatic carbocycles. The fourth-order valence-electron chi connectivity index (χ4n) is 3.31. The Morgan fingerprint density at radius 2 is 1.87 bits per heavy atom. The molecule has 2 aliphatic carbocycles. The highest BCUT2D eigenvalue weighted by Gasteiger charge is 2.35. The lowest BCUT2D eigenvalue weighted by Gasteiger charge is -2.29. The van der Waals surface area contributed by atoms with Gasteiger partial charge < -0.3 is 0 Å². The normalized spacial score (nSPS) is 34.6. The molecule has 2 atom stereocenters.